The van der Waals surface area contributed by atoms with Crippen LogP contribution in [0.1, 0.15) is 26.7 Å². The highest BCUT2D eigenvalue weighted by Gasteiger charge is 2.09. The highest BCUT2D eigenvalue weighted by molar-refractivity contribution is 7.16. The summed E-state index contributed by atoms with van der Waals surface area (Å²) >= 11 is 1.44. The maximum Gasteiger partial charge on any atom is 0.248 e. The fourth-order valence-corrected chi connectivity index (χ4v) is 3.33. The number of methoxy groups -OCH3 is 1. The minimum Gasteiger partial charge on any atom is -0.383 e. The Bertz CT molecular complexity index is 776. The maximum atomic E-state index is 11.9. The van der Waals surface area contributed by atoms with Gasteiger partial charge < -0.3 is 14.6 Å². The van der Waals surface area contributed by atoms with Crippen molar-refractivity contribution >= 4 is 39.1 Å². The molecule has 0 fully saturated rings. The summed E-state index contributed by atoms with van der Waals surface area (Å²) < 4.78 is 8.10. The molecule has 0 aliphatic heterocycles. The number of aromatic nitrogens is 1. The van der Waals surface area contributed by atoms with E-state index in [1.165, 1.54) is 18.3 Å². The molecule has 0 saturated carbocycles. The van der Waals surface area contributed by atoms with E-state index in [9.17, 15) is 9.59 Å². The Morgan fingerprint density at radius 2 is 2.17 bits per heavy atom. The van der Waals surface area contributed by atoms with Gasteiger partial charge in [0.1, 0.15) is 0 Å². The minimum atomic E-state index is -0.118. The molecule has 2 aromatic rings. The van der Waals surface area contributed by atoms with Gasteiger partial charge in [-0.1, -0.05) is 18.3 Å². The van der Waals surface area contributed by atoms with Crippen LogP contribution in [0.5, 0.6) is 0 Å². The number of rotatable bonds is 6. The average Bonchev–Trinajstić information content (AvgIpc) is 2.81. The number of ether oxygens (including phenoxy) is 1. The molecule has 0 atom stereocenters. The first kappa shape index (κ1) is 17.4. The van der Waals surface area contributed by atoms with Crippen LogP contribution in [0.25, 0.3) is 10.2 Å². The fraction of sp³-hybridized carbons (Fsp3) is 0.438. The molecule has 0 radical (unpaired) electrons. The van der Waals surface area contributed by atoms with E-state index in [0.29, 0.717) is 24.4 Å². The van der Waals surface area contributed by atoms with Crippen molar-refractivity contribution < 1.29 is 14.3 Å². The molecule has 7 heteroatoms. The first-order chi connectivity index (χ1) is 11.0. The SMILES string of the molecule is CCCC(=O)N=c1sc2cc(NC(C)=O)ccc2n1CCOC. The van der Waals surface area contributed by atoms with Gasteiger partial charge in [-0.25, -0.2) is 0 Å². The Labute approximate surface area is 138 Å². The molecule has 0 aliphatic rings. The van der Waals surface area contributed by atoms with E-state index in [1.807, 2.05) is 29.7 Å². The molecule has 2 amide bonds. The van der Waals surface area contributed by atoms with Crippen molar-refractivity contribution in [2.75, 3.05) is 19.0 Å². The van der Waals surface area contributed by atoms with Gasteiger partial charge in [0.05, 0.1) is 16.8 Å². The summed E-state index contributed by atoms with van der Waals surface area (Å²) in [5.41, 5.74) is 1.71. The highest BCUT2D eigenvalue weighted by Crippen LogP contribution is 2.22. The second-order valence-electron chi connectivity index (χ2n) is 5.15. The third-order valence-corrected chi connectivity index (χ3v) is 4.25. The lowest BCUT2D eigenvalue weighted by atomic mass is 10.3. The van der Waals surface area contributed by atoms with Crippen molar-refractivity contribution in [3.8, 4) is 0 Å². The molecule has 6 nitrogen and oxygen atoms in total. The van der Waals surface area contributed by atoms with Crippen molar-refractivity contribution in [2.45, 2.75) is 33.2 Å². The topological polar surface area (TPSA) is 72.7 Å². The number of thiazole rings is 1. The molecule has 0 unspecified atom stereocenters. The number of benzene rings is 1. The van der Waals surface area contributed by atoms with Crippen LogP contribution in [-0.2, 0) is 20.9 Å². The molecule has 1 aromatic heterocycles. The van der Waals surface area contributed by atoms with Crippen molar-refractivity contribution in [1.29, 1.82) is 0 Å². The van der Waals surface area contributed by atoms with Crippen LogP contribution < -0.4 is 10.1 Å². The average molecular weight is 335 g/mol. The van der Waals surface area contributed by atoms with Gasteiger partial charge in [0.15, 0.2) is 4.80 Å². The Morgan fingerprint density at radius 1 is 1.39 bits per heavy atom. The zero-order valence-electron chi connectivity index (χ0n) is 13.6. The van der Waals surface area contributed by atoms with Gasteiger partial charge in [0.2, 0.25) is 11.8 Å². The van der Waals surface area contributed by atoms with Crippen LogP contribution in [0.3, 0.4) is 0 Å². The monoisotopic (exact) mass is 335 g/mol. The Balaban J connectivity index is 2.51. The van der Waals surface area contributed by atoms with Crippen LogP contribution >= 0.6 is 11.3 Å². The lowest BCUT2D eigenvalue weighted by molar-refractivity contribution is -0.118. The van der Waals surface area contributed by atoms with Crippen molar-refractivity contribution in [3.63, 3.8) is 0 Å². The van der Waals surface area contributed by atoms with Crippen LogP contribution in [0.15, 0.2) is 23.2 Å². The largest absolute Gasteiger partial charge is 0.383 e. The molecule has 1 heterocycles. The van der Waals surface area contributed by atoms with E-state index in [2.05, 4.69) is 10.3 Å². The van der Waals surface area contributed by atoms with E-state index in [1.54, 1.807) is 7.11 Å². The molecule has 23 heavy (non-hydrogen) atoms. The molecule has 0 bridgehead atoms. The summed E-state index contributed by atoms with van der Waals surface area (Å²) in [5.74, 6) is -0.233. The molecule has 0 aliphatic carbocycles. The van der Waals surface area contributed by atoms with Crippen molar-refractivity contribution in [1.82, 2.24) is 4.57 Å². The van der Waals surface area contributed by atoms with Crippen molar-refractivity contribution in [3.05, 3.63) is 23.0 Å². The van der Waals surface area contributed by atoms with Crippen molar-refractivity contribution in [2.24, 2.45) is 4.99 Å². The fourth-order valence-electron chi connectivity index (χ4n) is 2.21. The smallest absolute Gasteiger partial charge is 0.248 e. The molecular weight excluding hydrogens is 314 g/mol. The van der Waals surface area contributed by atoms with Gasteiger partial charge in [0, 0.05) is 32.7 Å². The Morgan fingerprint density at radius 3 is 2.83 bits per heavy atom. The number of carbonyl (C=O) groups is 2. The zero-order valence-corrected chi connectivity index (χ0v) is 14.4. The number of anilines is 1. The second-order valence-corrected chi connectivity index (χ2v) is 6.16. The predicted octanol–water partition coefficient (Wildman–Crippen LogP) is 2.54. The van der Waals surface area contributed by atoms with Gasteiger partial charge in [-0.3, -0.25) is 9.59 Å². The lowest BCUT2D eigenvalue weighted by Crippen LogP contribution is -2.19. The molecule has 0 spiro atoms. The summed E-state index contributed by atoms with van der Waals surface area (Å²) in [4.78, 5) is 27.9. The van der Waals surface area contributed by atoms with Gasteiger partial charge in [0.25, 0.3) is 0 Å². The first-order valence-electron chi connectivity index (χ1n) is 7.52. The number of amides is 2. The van der Waals surface area contributed by atoms with E-state index in [0.717, 1.165) is 22.3 Å². The first-order valence-corrected chi connectivity index (χ1v) is 8.34. The molecule has 1 N–H and O–H groups in total. The van der Waals surface area contributed by atoms with E-state index >= 15 is 0 Å². The van der Waals surface area contributed by atoms with E-state index < -0.39 is 0 Å². The van der Waals surface area contributed by atoms with Crippen LogP contribution in [0.4, 0.5) is 5.69 Å². The predicted molar refractivity (Wildman–Crippen MR) is 91.5 cm³/mol. The Hall–Kier alpha value is -1.99. The number of fused-ring (bicyclic) bond motifs is 1. The highest BCUT2D eigenvalue weighted by atomic mass is 32.1. The van der Waals surface area contributed by atoms with Gasteiger partial charge in [-0.05, 0) is 24.6 Å². The van der Waals surface area contributed by atoms with Crippen LogP contribution in [0.2, 0.25) is 0 Å². The quantitative estimate of drug-likeness (QED) is 0.881. The molecular formula is C16H21N3O3S. The molecule has 0 saturated heterocycles. The standard InChI is InChI=1S/C16H21N3O3S/c1-4-5-15(21)18-16-19(8-9-22-3)13-7-6-12(17-11(2)20)10-14(13)23-16/h6-7,10H,4-5,8-9H2,1-3H3,(H,17,20). The molecule has 2 rings (SSSR count). The number of hydrogen-bond acceptors (Lipinski definition) is 4. The third-order valence-electron chi connectivity index (χ3n) is 3.21. The molecule has 124 valence electrons. The number of carbonyl (C=O) groups excluding carboxylic acids is 2. The number of nitrogens with one attached hydrogen (secondary N) is 1. The maximum absolute atomic E-state index is 11.9. The summed E-state index contributed by atoms with van der Waals surface area (Å²) in [7, 11) is 1.64. The number of nitrogens with zero attached hydrogens (tertiary/aromatic N) is 2. The summed E-state index contributed by atoms with van der Waals surface area (Å²) in [6.07, 6.45) is 1.22. The van der Waals surface area contributed by atoms with Crippen LogP contribution in [0, 0.1) is 0 Å². The van der Waals surface area contributed by atoms with Gasteiger partial charge >= 0.3 is 0 Å². The van der Waals surface area contributed by atoms with E-state index in [4.69, 9.17) is 4.74 Å². The summed E-state index contributed by atoms with van der Waals surface area (Å²) in [5, 5.41) is 2.77. The van der Waals surface area contributed by atoms with E-state index in [-0.39, 0.29) is 11.8 Å². The van der Waals surface area contributed by atoms with Gasteiger partial charge in [-0.15, -0.1) is 0 Å². The third kappa shape index (κ3) is 4.49. The molecule has 1 aromatic carbocycles. The second kappa shape index (κ2) is 8.03. The normalized spacial score (nSPS) is 11.9. The van der Waals surface area contributed by atoms with Gasteiger partial charge in [-0.2, -0.15) is 4.99 Å². The Kier molecular flexibility index (Phi) is 6.06. The summed E-state index contributed by atoms with van der Waals surface area (Å²) in [6, 6.07) is 5.67. The zero-order chi connectivity index (χ0) is 16.8. The number of hydrogen-bond donors (Lipinski definition) is 1. The summed E-state index contributed by atoms with van der Waals surface area (Å²) in [6.45, 7) is 4.58. The lowest BCUT2D eigenvalue weighted by Gasteiger charge is -2.05. The minimum absolute atomic E-state index is 0.115. The van der Waals surface area contributed by atoms with Crippen LogP contribution in [-0.4, -0.2) is 30.1 Å².